The normalized spacial score (nSPS) is 12.4. The number of rotatable bonds is 5. The molecule has 0 aliphatic rings. The van der Waals surface area contributed by atoms with Crippen LogP contribution in [0.4, 0.5) is 0 Å². The Morgan fingerprint density at radius 1 is 1.21 bits per heavy atom. The molecule has 2 rings (SSSR count). The zero-order valence-electron chi connectivity index (χ0n) is 10.7. The lowest BCUT2D eigenvalue weighted by Crippen LogP contribution is -2.24. The Hall–Kier alpha value is -1.09. The van der Waals surface area contributed by atoms with E-state index in [0.717, 1.165) is 18.7 Å². The number of hydrogen-bond donors (Lipinski definition) is 1. The summed E-state index contributed by atoms with van der Waals surface area (Å²) in [5.41, 5.74) is 2.10. The van der Waals surface area contributed by atoms with E-state index >= 15 is 0 Å². The lowest BCUT2D eigenvalue weighted by Gasteiger charge is -2.18. The van der Waals surface area contributed by atoms with Gasteiger partial charge in [-0.25, -0.2) is 0 Å². The van der Waals surface area contributed by atoms with Gasteiger partial charge < -0.3 is 5.32 Å². The first-order valence-electron chi connectivity index (χ1n) is 6.29. The Bertz CT molecular complexity index is 529. The molecule has 0 radical (unpaired) electrons. The minimum Gasteiger partial charge on any atom is -0.309 e. The molecule has 0 fully saturated rings. The van der Waals surface area contributed by atoms with E-state index in [4.69, 9.17) is 23.2 Å². The minimum atomic E-state index is 0.0946. The van der Waals surface area contributed by atoms with Crippen LogP contribution < -0.4 is 5.32 Å². The van der Waals surface area contributed by atoms with E-state index in [1.807, 2.05) is 18.2 Å². The van der Waals surface area contributed by atoms with Crippen LogP contribution >= 0.6 is 23.2 Å². The van der Waals surface area contributed by atoms with Crippen molar-refractivity contribution in [1.29, 1.82) is 0 Å². The van der Waals surface area contributed by atoms with Crippen molar-refractivity contribution in [3.05, 3.63) is 63.9 Å². The highest BCUT2D eigenvalue weighted by atomic mass is 35.5. The summed E-state index contributed by atoms with van der Waals surface area (Å²) in [6.45, 7) is 2.93. The number of pyridine rings is 1. The maximum atomic E-state index is 6.24. The second-order valence-corrected chi connectivity index (χ2v) is 5.16. The second-order valence-electron chi connectivity index (χ2n) is 4.32. The predicted molar refractivity (Wildman–Crippen MR) is 80.8 cm³/mol. The summed E-state index contributed by atoms with van der Waals surface area (Å²) in [6, 6.07) is 12.1. The zero-order valence-corrected chi connectivity index (χ0v) is 12.2. The Morgan fingerprint density at radius 2 is 1.95 bits per heavy atom. The maximum absolute atomic E-state index is 6.24. The van der Waals surface area contributed by atoms with Crippen molar-refractivity contribution in [1.82, 2.24) is 10.3 Å². The molecule has 19 heavy (non-hydrogen) atoms. The van der Waals surface area contributed by atoms with Crippen molar-refractivity contribution >= 4 is 23.2 Å². The van der Waals surface area contributed by atoms with E-state index in [0.29, 0.717) is 10.0 Å². The first-order valence-corrected chi connectivity index (χ1v) is 7.04. The number of halogens is 2. The predicted octanol–water partition coefficient (Wildman–Crippen LogP) is 4.28. The fourth-order valence-corrected chi connectivity index (χ4v) is 2.56. The van der Waals surface area contributed by atoms with Gasteiger partial charge in [-0.05, 0) is 24.6 Å². The average Bonchev–Trinajstić information content (AvgIpc) is 2.39. The molecular weight excluding hydrogens is 279 g/mol. The number of hydrogen-bond acceptors (Lipinski definition) is 2. The van der Waals surface area contributed by atoms with Gasteiger partial charge in [-0.3, -0.25) is 4.98 Å². The van der Waals surface area contributed by atoms with Crippen LogP contribution in [0.5, 0.6) is 0 Å². The molecule has 1 aromatic carbocycles. The molecule has 0 saturated heterocycles. The maximum Gasteiger partial charge on any atom is 0.0763 e. The standard InChI is InChI=1S/C15H16Cl2N2/c1-2-18-14(8-11-6-4-3-5-7-11)15-13(17)9-12(16)10-19-15/h3-7,9-10,14,18H,2,8H2,1H3. The molecule has 4 heteroatoms. The van der Waals surface area contributed by atoms with Gasteiger partial charge in [-0.15, -0.1) is 0 Å². The minimum absolute atomic E-state index is 0.0946. The highest BCUT2D eigenvalue weighted by molar-refractivity contribution is 6.34. The number of benzene rings is 1. The van der Waals surface area contributed by atoms with Crippen molar-refractivity contribution < 1.29 is 0 Å². The quantitative estimate of drug-likeness (QED) is 0.890. The van der Waals surface area contributed by atoms with Gasteiger partial charge >= 0.3 is 0 Å². The third-order valence-electron chi connectivity index (χ3n) is 2.90. The van der Waals surface area contributed by atoms with Crippen LogP contribution in [0.3, 0.4) is 0 Å². The van der Waals surface area contributed by atoms with Gasteiger partial charge in [-0.1, -0.05) is 60.5 Å². The van der Waals surface area contributed by atoms with Crippen molar-refractivity contribution in [3.63, 3.8) is 0 Å². The van der Waals surface area contributed by atoms with E-state index in [9.17, 15) is 0 Å². The van der Waals surface area contributed by atoms with Crippen molar-refractivity contribution in [2.75, 3.05) is 6.54 Å². The fraction of sp³-hybridized carbons (Fsp3) is 0.267. The number of aromatic nitrogens is 1. The van der Waals surface area contributed by atoms with Crippen LogP contribution in [0, 0.1) is 0 Å². The molecule has 0 amide bonds. The van der Waals surface area contributed by atoms with Gasteiger partial charge in [-0.2, -0.15) is 0 Å². The molecule has 2 aromatic rings. The zero-order chi connectivity index (χ0) is 13.7. The van der Waals surface area contributed by atoms with Crippen LogP contribution in [0.15, 0.2) is 42.6 Å². The van der Waals surface area contributed by atoms with Gasteiger partial charge in [0.2, 0.25) is 0 Å². The smallest absolute Gasteiger partial charge is 0.0763 e. The molecule has 1 N–H and O–H groups in total. The summed E-state index contributed by atoms with van der Waals surface area (Å²) in [5.74, 6) is 0. The van der Waals surface area contributed by atoms with Crippen molar-refractivity contribution in [3.8, 4) is 0 Å². The highest BCUT2D eigenvalue weighted by Gasteiger charge is 2.16. The molecule has 0 aliphatic carbocycles. The SMILES string of the molecule is CCNC(Cc1ccccc1)c1ncc(Cl)cc1Cl. The molecular formula is C15H16Cl2N2. The van der Waals surface area contributed by atoms with Crippen LogP contribution in [-0.2, 0) is 6.42 Å². The average molecular weight is 295 g/mol. The summed E-state index contributed by atoms with van der Waals surface area (Å²) < 4.78 is 0. The van der Waals surface area contributed by atoms with Gasteiger partial charge in [0, 0.05) is 6.20 Å². The summed E-state index contributed by atoms with van der Waals surface area (Å²) in [7, 11) is 0. The number of nitrogens with zero attached hydrogens (tertiary/aromatic N) is 1. The number of likely N-dealkylation sites (N-methyl/N-ethyl adjacent to an activating group) is 1. The molecule has 0 saturated carbocycles. The van der Waals surface area contributed by atoms with E-state index in [-0.39, 0.29) is 6.04 Å². The van der Waals surface area contributed by atoms with E-state index in [1.54, 1.807) is 12.3 Å². The van der Waals surface area contributed by atoms with Gasteiger partial charge in [0.25, 0.3) is 0 Å². The van der Waals surface area contributed by atoms with Gasteiger partial charge in [0.15, 0.2) is 0 Å². The lowest BCUT2D eigenvalue weighted by atomic mass is 10.0. The van der Waals surface area contributed by atoms with Crippen molar-refractivity contribution in [2.45, 2.75) is 19.4 Å². The van der Waals surface area contributed by atoms with E-state index < -0.39 is 0 Å². The molecule has 2 nitrogen and oxygen atoms in total. The Morgan fingerprint density at radius 3 is 2.58 bits per heavy atom. The van der Waals surface area contributed by atoms with Crippen LogP contribution in [0.25, 0.3) is 0 Å². The number of nitrogens with one attached hydrogen (secondary N) is 1. The summed E-state index contributed by atoms with van der Waals surface area (Å²) >= 11 is 12.1. The molecule has 100 valence electrons. The topological polar surface area (TPSA) is 24.9 Å². The molecule has 1 unspecified atom stereocenters. The Kier molecular flexibility index (Phi) is 5.20. The molecule has 1 aromatic heterocycles. The first-order chi connectivity index (χ1) is 9.20. The molecule has 0 spiro atoms. The van der Waals surface area contributed by atoms with Crippen molar-refractivity contribution in [2.24, 2.45) is 0 Å². The summed E-state index contributed by atoms with van der Waals surface area (Å²) in [6.07, 6.45) is 2.49. The van der Waals surface area contributed by atoms with Gasteiger partial charge in [0.1, 0.15) is 0 Å². The third kappa shape index (κ3) is 3.93. The fourth-order valence-electron chi connectivity index (χ4n) is 2.04. The monoisotopic (exact) mass is 294 g/mol. The highest BCUT2D eigenvalue weighted by Crippen LogP contribution is 2.26. The van der Waals surface area contributed by atoms with Crippen LogP contribution in [0.1, 0.15) is 24.2 Å². The summed E-state index contributed by atoms with van der Waals surface area (Å²) in [5, 5.41) is 4.58. The summed E-state index contributed by atoms with van der Waals surface area (Å²) in [4.78, 5) is 4.37. The molecule has 0 aliphatic heterocycles. The van der Waals surface area contributed by atoms with Crippen LogP contribution in [0.2, 0.25) is 10.0 Å². The largest absolute Gasteiger partial charge is 0.309 e. The Labute approximate surface area is 123 Å². The molecule has 0 bridgehead atoms. The van der Waals surface area contributed by atoms with E-state index in [1.165, 1.54) is 5.56 Å². The lowest BCUT2D eigenvalue weighted by molar-refractivity contribution is 0.537. The molecule has 1 heterocycles. The van der Waals surface area contributed by atoms with Crippen LogP contribution in [-0.4, -0.2) is 11.5 Å². The third-order valence-corrected chi connectivity index (χ3v) is 3.41. The van der Waals surface area contributed by atoms with Gasteiger partial charge in [0.05, 0.1) is 21.8 Å². The molecule has 1 atom stereocenters. The second kappa shape index (κ2) is 6.90. The van der Waals surface area contributed by atoms with E-state index in [2.05, 4.69) is 29.4 Å². The Balaban J connectivity index is 2.24. The first kappa shape index (κ1) is 14.3.